The third kappa shape index (κ3) is 2.58. The van der Waals surface area contributed by atoms with Crippen LogP contribution in [0, 0.1) is 0 Å². The molecule has 3 rings (SSSR count). The lowest BCUT2D eigenvalue weighted by Gasteiger charge is -2.25. The maximum atomic E-state index is 12.9. The SMILES string of the molecule is Nc1cc(C(F)(F)F)nc2ccc(O)c(C3CCCCC3)c12. The molecule has 1 aromatic heterocycles. The molecule has 3 N–H and O–H groups in total. The summed E-state index contributed by atoms with van der Waals surface area (Å²) in [5, 5.41) is 10.7. The lowest BCUT2D eigenvalue weighted by molar-refractivity contribution is -0.140. The monoisotopic (exact) mass is 310 g/mol. The van der Waals surface area contributed by atoms with E-state index in [0.717, 1.165) is 38.2 Å². The van der Waals surface area contributed by atoms with Crippen molar-refractivity contribution in [3.8, 4) is 5.75 Å². The van der Waals surface area contributed by atoms with Gasteiger partial charge in [-0.3, -0.25) is 0 Å². The number of nitrogen functional groups attached to an aromatic ring is 1. The molecular weight excluding hydrogens is 293 g/mol. The number of rotatable bonds is 1. The number of alkyl halides is 3. The van der Waals surface area contributed by atoms with Crippen LogP contribution in [0.4, 0.5) is 18.9 Å². The minimum Gasteiger partial charge on any atom is -0.508 e. The fourth-order valence-corrected chi connectivity index (χ4v) is 3.32. The molecule has 0 atom stereocenters. The number of nitrogens with zero attached hydrogens (tertiary/aromatic N) is 1. The zero-order valence-electron chi connectivity index (χ0n) is 12.0. The second kappa shape index (κ2) is 5.34. The number of hydrogen-bond donors (Lipinski definition) is 2. The van der Waals surface area contributed by atoms with Crippen molar-refractivity contribution in [1.29, 1.82) is 0 Å². The van der Waals surface area contributed by atoms with Crippen LogP contribution in [0.15, 0.2) is 18.2 Å². The summed E-state index contributed by atoms with van der Waals surface area (Å²) in [6, 6.07) is 3.66. The van der Waals surface area contributed by atoms with Gasteiger partial charge >= 0.3 is 6.18 Å². The van der Waals surface area contributed by atoms with Gasteiger partial charge in [-0.15, -0.1) is 0 Å². The van der Waals surface area contributed by atoms with Crippen molar-refractivity contribution in [3.05, 3.63) is 29.5 Å². The van der Waals surface area contributed by atoms with E-state index in [1.807, 2.05) is 0 Å². The summed E-state index contributed by atoms with van der Waals surface area (Å²) in [5.74, 6) is 0.214. The predicted octanol–water partition coefficient (Wildman–Crippen LogP) is 4.59. The average molecular weight is 310 g/mol. The second-order valence-electron chi connectivity index (χ2n) is 5.82. The Labute approximate surface area is 126 Å². The van der Waals surface area contributed by atoms with Gasteiger partial charge in [0.25, 0.3) is 0 Å². The number of phenolic OH excluding ortho intramolecular Hbond substituents is 1. The molecule has 22 heavy (non-hydrogen) atoms. The van der Waals surface area contributed by atoms with Crippen LogP contribution in [0.2, 0.25) is 0 Å². The Balaban J connectivity index is 2.21. The van der Waals surface area contributed by atoms with E-state index in [-0.39, 0.29) is 22.9 Å². The zero-order valence-corrected chi connectivity index (χ0v) is 12.0. The number of anilines is 1. The Morgan fingerprint density at radius 1 is 1.14 bits per heavy atom. The summed E-state index contributed by atoms with van der Waals surface area (Å²) in [7, 11) is 0. The van der Waals surface area contributed by atoms with Gasteiger partial charge in [-0.2, -0.15) is 13.2 Å². The highest BCUT2D eigenvalue weighted by Gasteiger charge is 2.34. The molecule has 0 unspecified atom stereocenters. The van der Waals surface area contributed by atoms with E-state index in [1.54, 1.807) is 0 Å². The minimum atomic E-state index is -4.54. The summed E-state index contributed by atoms with van der Waals surface area (Å²) in [4.78, 5) is 3.69. The smallest absolute Gasteiger partial charge is 0.433 e. The molecule has 0 saturated heterocycles. The van der Waals surface area contributed by atoms with Gasteiger partial charge in [0, 0.05) is 16.6 Å². The van der Waals surface area contributed by atoms with E-state index in [2.05, 4.69) is 4.98 Å². The Hall–Kier alpha value is -1.98. The topological polar surface area (TPSA) is 59.1 Å². The van der Waals surface area contributed by atoms with E-state index >= 15 is 0 Å². The molecule has 0 bridgehead atoms. The maximum absolute atomic E-state index is 12.9. The zero-order chi connectivity index (χ0) is 15.9. The first-order valence-corrected chi connectivity index (χ1v) is 7.37. The lowest BCUT2D eigenvalue weighted by Crippen LogP contribution is -2.11. The molecule has 0 radical (unpaired) electrons. The Kier molecular flexibility index (Phi) is 3.62. The van der Waals surface area contributed by atoms with Crippen molar-refractivity contribution in [2.75, 3.05) is 5.73 Å². The second-order valence-corrected chi connectivity index (χ2v) is 5.82. The van der Waals surface area contributed by atoms with Crippen LogP contribution in [0.5, 0.6) is 5.75 Å². The first kappa shape index (κ1) is 14.9. The molecule has 1 aromatic carbocycles. The maximum Gasteiger partial charge on any atom is 0.433 e. The third-order valence-electron chi connectivity index (χ3n) is 4.33. The number of hydrogen-bond acceptors (Lipinski definition) is 3. The van der Waals surface area contributed by atoms with Gasteiger partial charge < -0.3 is 10.8 Å². The molecule has 1 aliphatic rings. The molecule has 1 fully saturated rings. The van der Waals surface area contributed by atoms with Crippen LogP contribution in [0.25, 0.3) is 10.9 Å². The summed E-state index contributed by atoms with van der Waals surface area (Å²) < 4.78 is 38.6. The quantitative estimate of drug-likeness (QED) is 0.810. The number of benzene rings is 1. The number of nitrogens with two attached hydrogens (primary N) is 1. The first-order valence-electron chi connectivity index (χ1n) is 7.37. The fourth-order valence-electron chi connectivity index (χ4n) is 3.32. The molecular formula is C16H17F3N2O. The number of aromatic hydroxyl groups is 1. The molecule has 1 heterocycles. The van der Waals surface area contributed by atoms with E-state index in [4.69, 9.17) is 5.73 Å². The highest BCUT2D eigenvalue weighted by atomic mass is 19.4. The van der Waals surface area contributed by atoms with Gasteiger partial charge in [-0.25, -0.2) is 4.98 Å². The van der Waals surface area contributed by atoms with Crippen LogP contribution in [0.3, 0.4) is 0 Å². The van der Waals surface area contributed by atoms with E-state index < -0.39 is 11.9 Å². The van der Waals surface area contributed by atoms with Gasteiger partial charge in [0.15, 0.2) is 0 Å². The van der Waals surface area contributed by atoms with E-state index in [0.29, 0.717) is 10.9 Å². The fraction of sp³-hybridized carbons (Fsp3) is 0.438. The largest absolute Gasteiger partial charge is 0.508 e. The third-order valence-corrected chi connectivity index (χ3v) is 4.33. The Morgan fingerprint density at radius 2 is 1.82 bits per heavy atom. The van der Waals surface area contributed by atoms with Crippen LogP contribution < -0.4 is 5.73 Å². The van der Waals surface area contributed by atoms with Gasteiger partial charge in [-0.1, -0.05) is 19.3 Å². The van der Waals surface area contributed by atoms with E-state index in [9.17, 15) is 18.3 Å². The lowest BCUT2D eigenvalue weighted by atomic mass is 9.81. The van der Waals surface area contributed by atoms with E-state index in [1.165, 1.54) is 12.1 Å². The summed E-state index contributed by atoms with van der Waals surface area (Å²) in [5.41, 5.74) is 5.73. The first-order chi connectivity index (χ1) is 10.4. The number of pyridine rings is 1. The van der Waals surface area contributed by atoms with Crippen molar-refractivity contribution in [3.63, 3.8) is 0 Å². The Morgan fingerprint density at radius 3 is 2.45 bits per heavy atom. The molecule has 6 heteroatoms. The van der Waals surface area contributed by atoms with Crippen LogP contribution in [-0.2, 0) is 6.18 Å². The number of phenols is 1. The Bertz CT molecular complexity index is 707. The molecule has 1 aliphatic carbocycles. The standard InChI is InChI=1S/C16H17F3N2O/c17-16(18,19)13-8-10(20)15-11(21-13)6-7-12(22)14(15)9-4-2-1-3-5-9/h6-9,22H,1-5H2,(H2,20,21). The molecule has 0 spiro atoms. The van der Waals surface area contributed by atoms with Gasteiger partial charge in [-0.05, 0) is 37.0 Å². The highest BCUT2D eigenvalue weighted by Crippen LogP contribution is 2.43. The summed E-state index contributed by atoms with van der Waals surface area (Å²) >= 11 is 0. The van der Waals surface area contributed by atoms with Crippen molar-refractivity contribution in [1.82, 2.24) is 4.98 Å². The molecule has 0 amide bonds. The van der Waals surface area contributed by atoms with Crippen molar-refractivity contribution < 1.29 is 18.3 Å². The minimum absolute atomic E-state index is 0.0220. The average Bonchev–Trinajstić information content (AvgIpc) is 2.47. The van der Waals surface area contributed by atoms with Crippen LogP contribution in [0.1, 0.15) is 49.3 Å². The summed E-state index contributed by atoms with van der Waals surface area (Å²) in [6.07, 6.45) is 0.530. The summed E-state index contributed by atoms with van der Waals surface area (Å²) in [6.45, 7) is 0. The highest BCUT2D eigenvalue weighted by molar-refractivity contribution is 5.95. The van der Waals surface area contributed by atoms with Crippen LogP contribution >= 0.6 is 0 Å². The molecule has 1 saturated carbocycles. The van der Waals surface area contributed by atoms with Crippen molar-refractivity contribution >= 4 is 16.6 Å². The predicted molar refractivity (Wildman–Crippen MR) is 78.6 cm³/mol. The molecule has 0 aliphatic heterocycles. The molecule has 3 nitrogen and oxygen atoms in total. The van der Waals surface area contributed by atoms with Crippen molar-refractivity contribution in [2.24, 2.45) is 0 Å². The normalized spacial score (nSPS) is 17.0. The van der Waals surface area contributed by atoms with Gasteiger partial charge in [0.05, 0.1) is 5.52 Å². The van der Waals surface area contributed by atoms with Gasteiger partial charge in [0.2, 0.25) is 0 Å². The number of fused-ring (bicyclic) bond motifs is 1. The van der Waals surface area contributed by atoms with Crippen LogP contribution in [-0.4, -0.2) is 10.1 Å². The van der Waals surface area contributed by atoms with Gasteiger partial charge in [0.1, 0.15) is 11.4 Å². The number of halogens is 3. The molecule has 118 valence electrons. The molecule has 2 aromatic rings. The number of aromatic nitrogens is 1. The van der Waals surface area contributed by atoms with Crippen molar-refractivity contribution in [2.45, 2.75) is 44.2 Å².